The molecule has 1 atom stereocenters. The Bertz CT molecular complexity index is 1200. The highest BCUT2D eigenvalue weighted by Gasteiger charge is 2.29. The molecule has 0 spiro atoms. The van der Waals surface area contributed by atoms with Crippen LogP contribution in [0.5, 0.6) is 0 Å². The van der Waals surface area contributed by atoms with Gasteiger partial charge in [0, 0.05) is 48.9 Å². The van der Waals surface area contributed by atoms with Crippen LogP contribution in [0, 0.1) is 0 Å². The number of rotatable bonds is 6. The number of benzene rings is 2. The second kappa shape index (κ2) is 9.14. The van der Waals surface area contributed by atoms with Gasteiger partial charge in [0.25, 0.3) is 5.91 Å². The van der Waals surface area contributed by atoms with Crippen molar-refractivity contribution >= 4 is 33.7 Å². The summed E-state index contributed by atoms with van der Waals surface area (Å²) in [6.07, 6.45) is 4.06. The van der Waals surface area contributed by atoms with Crippen LogP contribution >= 0.6 is 11.3 Å². The zero-order valence-electron chi connectivity index (χ0n) is 18.0. The molecule has 3 heterocycles. The topological polar surface area (TPSA) is 58.9 Å². The van der Waals surface area contributed by atoms with E-state index in [0.717, 1.165) is 52.7 Å². The van der Waals surface area contributed by atoms with Crippen LogP contribution in [0.2, 0.25) is 0 Å². The van der Waals surface area contributed by atoms with Gasteiger partial charge in [0.15, 0.2) is 0 Å². The molecule has 1 amide bonds. The first-order chi connectivity index (χ1) is 15.7. The van der Waals surface area contributed by atoms with Crippen molar-refractivity contribution in [3.05, 3.63) is 83.0 Å². The second-order valence-corrected chi connectivity index (χ2v) is 9.00. The Balaban J connectivity index is 1.36. The number of likely N-dealkylation sites (tertiary alicyclic amines) is 1. The van der Waals surface area contributed by atoms with Crippen molar-refractivity contribution in [2.24, 2.45) is 0 Å². The number of para-hydroxylation sites is 1. The molecule has 0 radical (unpaired) electrons. The average Bonchev–Trinajstić information content (AvgIpc) is 3.44. The first kappa shape index (κ1) is 20.7. The van der Waals surface area contributed by atoms with Gasteiger partial charge in [-0.25, -0.2) is 4.98 Å². The van der Waals surface area contributed by atoms with Crippen LogP contribution in [-0.2, 0) is 11.3 Å². The van der Waals surface area contributed by atoms with Gasteiger partial charge in [-0.05, 0) is 42.7 Å². The van der Waals surface area contributed by atoms with E-state index in [1.54, 1.807) is 18.4 Å². The molecular formula is C25H26N4O2S. The van der Waals surface area contributed by atoms with Gasteiger partial charge >= 0.3 is 0 Å². The molecule has 32 heavy (non-hydrogen) atoms. The number of fused-ring (bicyclic) bond motifs is 1. The number of hydrogen-bond acceptors (Lipinski definition) is 5. The summed E-state index contributed by atoms with van der Waals surface area (Å²) < 4.78 is 7.28. The third-order valence-electron chi connectivity index (χ3n) is 5.92. The van der Waals surface area contributed by atoms with Gasteiger partial charge in [-0.15, -0.1) is 11.3 Å². The fraction of sp³-hybridized carbons (Fsp3) is 0.280. The minimum Gasteiger partial charge on any atom is -0.380 e. The van der Waals surface area contributed by atoms with E-state index in [2.05, 4.69) is 21.3 Å². The highest BCUT2D eigenvalue weighted by Crippen LogP contribution is 2.34. The molecule has 164 valence electrons. The predicted octanol–water partition coefficient (Wildman–Crippen LogP) is 5.31. The Morgan fingerprint density at radius 1 is 1.19 bits per heavy atom. The highest BCUT2D eigenvalue weighted by atomic mass is 32.1. The first-order valence-electron chi connectivity index (χ1n) is 10.9. The lowest BCUT2D eigenvalue weighted by molar-refractivity contribution is 0.0706. The third-order valence-corrected chi connectivity index (χ3v) is 6.81. The molecule has 1 aliphatic heterocycles. The van der Waals surface area contributed by atoms with Crippen molar-refractivity contribution in [1.29, 1.82) is 0 Å². The highest BCUT2D eigenvalue weighted by molar-refractivity contribution is 7.15. The largest absolute Gasteiger partial charge is 0.380 e. The molecule has 4 aromatic rings. The van der Waals surface area contributed by atoms with Crippen LogP contribution < -0.4 is 5.32 Å². The van der Waals surface area contributed by atoms with Crippen molar-refractivity contribution in [3.8, 4) is 0 Å². The van der Waals surface area contributed by atoms with Crippen LogP contribution in [0.15, 0.2) is 66.2 Å². The van der Waals surface area contributed by atoms with Crippen LogP contribution in [-0.4, -0.2) is 40.4 Å². The number of nitrogens with one attached hydrogen (secondary N) is 1. The molecule has 2 aromatic heterocycles. The number of nitrogens with zero attached hydrogens (tertiary/aromatic N) is 3. The Morgan fingerprint density at radius 3 is 2.78 bits per heavy atom. The number of carbonyl (C=O) groups is 1. The molecule has 5 rings (SSSR count). The van der Waals surface area contributed by atoms with Crippen molar-refractivity contribution in [2.75, 3.05) is 25.5 Å². The quantitative estimate of drug-likeness (QED) is 0.436. The van der Waals surface area contributed by atoms with E-state index >= 15 is 0 Å². The monoisotopic (exact) mass is 446 g/mol. The number of anilines is 2. The number of imidazole rings is 1. The maximum Gasteiger partial charge on any atom is 0.253 e. The maximum absolute atomic E-state index is 13.2. The summed E-state index contributed by atoms with van der Waals surface area (Å²) in [7, 11) is 1.67. The van der Waals surface area contributed by atoms with Gasteiger partial charge in [-0.1, -0.05) is 30.3 Å². The number of carbonyl (C=O) groups excluding carboxylic acids is 1. The number of hydrogen-bond donors (Lipinski definition) is 1. The summed E-state index contributed by atoms with van der Waals surface area (Å²) >= 11 is 1.70. The van der Waals surface area contributed by atoms with Gasteiger partial charge in [0.2, 0.25) is 5.95 Å². The van der Waals surface area contributed by atoms with Gasteiger partial charge in [0.1, 0.15) is 4.83 Å². The van der Waals surface area contributed by atoms with Crippen LogP contribution in [0.25, 0.3) is 4.83 Å². The first-order valence-corrected chi connectivity index (χ1v) is 11.8. The molecule has 0 bridgehead atoms. The minimum atomic E-state index is 0.0860. The number of ether oxygens (including phenoxy) is 1. The van der Waals surface area contributed by atoms with Crippen LogP contribution in [0.1, 0.15) is 40.4 Å². The molecule has 1 unspecified atom stereocenters. The summed E-state index contributed by atoms with van der Waals surface area (Å²) in [5.74, 6) is 1.13. The van der Waals surface area contributed by atoms with Crippen molar-refractivity contribution in [3.63, 3.8) is 0 Å². The molecule has 1 aliphatic rings. The van der Waals surface area contributed by atoms with Gasteiger partial charge < -0.3 is 15.0 Å². The second-order valence-electron chi connectivity index (χ2n) is 8.11. The molecule has 1 saturated heterocycles. The lowest BCUT2D eigenvalue weighted by Gasteiger charge is -2.32. The lowest BCUT2D eigenvalue weighted by Crippen LogP contribution is -2.39. The SMILES string of the molecule is COCc1ccc(C(=O)N2CCCC(c3nc(Nc4ccccc4)n4ccsc34)C2)cc1. The van der Waals surface area contributed by atoms with Crippen LogP contribution in [0.3, 0.4) is 0 Å². The molecule has 0 aliphatic carbocycles. The van der Waals surface area contributed by atoms with E-state index in [0.29, 0.717) is 13.2 Å². The standard InChI is InChI=1S/C25H26N4O2S/c1-31-17-18-9-11-19(12-10-18)23(30)28-13-5-6-20(16-28)22-24-29(14-15-32-24)25(27-22)26-21-7-3-2-4-8-21/h2-4,7-12,14-15,20H,5-6,13,16-17H2,1H3,(H,26,27). The van der Waals surface area contributed by atoms with Crippen molar-refractivity contribution < 1.29 is 9.53 Å². The Kier molecular flexibility index (Phi) is 5.92. The van der Waals surface area contributed by atoms with Crippen LogP contribution in [0.4, 0.5) is 11.6 Å². The van der Waals surface area contributed by atoms with E-state index in [1.165, 1.54) is 0 Å². The number of aromatic nitrogens is 2. The molecular weight excluding hydrogens is 420 g/mol. The Hall–Kier alpha value is -3.16. The van der Waals surface area contributed by atoms with E-state index in [1.807, 2.05) is 59.5 Å². The third kappa shape index (κ3) is 4.13. The van der Waals surface area contributed by atoms with Gasteiger partial charge in [-0.2, -0.15) is 0 Å². The van der Waals surface area contributed by atoms with Crippen molar-refractivity contribution in [2.45, 2.75) is 25.4 Å². The van der Waals surface area contributed by atoms with E-state index in [-0.39, 0.29) is 11.8 Å². The Labute approximate surface area is 191 Å². The van der Waals surface area contributed by atoms with E-state index < -0.39 is 0 Å². The van der Waals surface area contributed by atoms with Gasteiger partial charge in [-0.3, -0.25) is 9.20 Å². The summed E-state index contributed by atoms with van der Waals surface area (Å²) in [4.78, 5) is 21.3. The normalized spacial score (nSPS) is 16.4. The fourth-order valence-corrected chi connectivity index (χ4v) is 5.23. The molecule has 0 saturated carbocycles. The number of thiazole rings is 1. The number of amides is 1. The zero-order valence-corrected chi connectivity index (χ0v) is 18.8. The molecule has 2 aromatic carbocycles. The predicted molar refractivity (Wildman–Crippen MR) is 128 cm³/mol. The van der Waals surface area contributed by atoms with Gasteiger partial charge in [0.05, 0.1) is 12.3 Å². The van der Waals surface area contributed by atoms with E-state index in [9.17, 15) is 4.79 Å². The molecule has 1 fully saturated rings. The summed E-state index contributed by atoms with van der Waals surface area (Å²) in [6, 6.07) is 17.8. The zero-order chi connectivity index (χ0) is 21.9. The maximum atomic E-state index is 13.2. The molecule has 7 heteroatoms. The molecule has 6 nitrogen and oxygen atoms in total. The summed E-state index contributed by atoms with van der Waals surface area (Å²) in [6.45, 7) is 2.02. The smallest absolute Gasteiger partial charge is 0.253 e. The number of methoxy groups -OCH3 is 1. The minimum absolute atomic E-state index is 0.0860. The molecule has 1 N–H and O–H groups in total. The number of piperidine rings is 1. The summed E-state index contributed by atoms with van der Waals surface area (Å²) in [5.41, 5.74) is 3.88. The fourth-order valence-electron chi connectivity index (χ4n) is 4.33. The summed E-state index contributed by atoms with van der Waals surface area (Å²) in [5, 5.41) is 5.52. The van der Waals surface area contributed by atoms with E-state index in [4.69, 9.17) is 9.72 Å². The lowest BCUT2D eigenvalue weighted by atomic mass is 9.94. The average molecular weight is 447 g/mol. The van der Waals surface area contributed by atoms with Crippen molar-refractivity contribution in [1.82, 2.24) is 14.3 Å². The Morgan fingerprint density at radius 2 is 2.00 bits per heavy atom.